The molecule has 0 aromatic heterocycles. The van der Waals surface area contributed by atoms with Gasteiger partial charge in [-0.25, -0.2) is 0 Å². The summed E-state index contributed by atoms with van der Waals surface area (Å²) in [7, 11) is 0. The molecule has 1 heterocycles. The minimum absolute atomic E-state index is 0.508. The molecule has 0 amide bonds. The summed E-state index contributed by atoms with van der Waals surface area (Å²) in [5.41, 5.74) is 0. The van der Waals surface area contributed by atoms with E-state index in [1.807, 2.05) is 0 Å². The topological polar surface area (TPSA) is 21.3 Å². The van der Waals surface area contributed by atoms with Crippen molar-refractivity contribution in [3.05, 3.63) is 0 Å². The highest BCUT2D eigenvalue weighted by Crippen LogP contribution is 2.38. The quantitative estimate of drug-likeness (QED) is 0.747. The monoisotopic (exact) mass is 281 g/mol. The normalized spacial score (nSPS) is 36.1. The zero-order chi connectivity index (χ0) is 14.4. The lowest BCUT2D eigenvalue weighted by atomic mass is 9.73. The third kappa shape index (κ3) is 3.98. The molecule has 1 aliphatic carbocycles. The van der Waals surface area contributed by atoms with Crippen LogP contribution in [0, 0.1) is 17.8 Å². The summed E-state index contributed by atoms with van der Waals surface area (Å²) in [6.07, 6.45) is 11.4. The second-order valence-corrected chi connectivity index (χ2v) is 6.94. The van der Waals surface area contributed by atoms with Gasteiger partial charge in [0.1, 0.15) is 0 Å². The van der Waals surface area contributed by atoms with Gasteiger partial charge in [0, 0.05) is 18.6 Å². The molecule has 1 N–H and O–H groups in total. The lowest BCUT2D eigenvalue weighted by molar-refractivity contribution is 0.0624. The second kappa shape index (κ2) is 8.38. The minimum Gasteiger partial charge on any atom is -0.378 e. The number of hydrogen-bond donors (Lipinski definition) is 1. The molecule has 2 rings (SSSR count). The van der Waals surface area contributed by atoms with E-state index < -0.39 is 0 Å². The zero-order valence-corrected chi connectivity index (χ0v) is 13.9. The van der Waals surface area contributed by atoms with Crippen LogP contribution >= 0.6 is 0 Å². The first-order valence-corrected chi connectivity index (χ1v) is 9.15. The molecule has 2 aliphatic rings. The van der Waals surface area contributed by atoms with E-state index in [0.717, 1.165) is 24.4 Å². The van der Waals surface area contributed by atoms with Crippen LogP contribution in [0.25, 0.3) is 0 Å². The van der Waals surface area contributed by atoms with Crippen LogP contribution in [0.4, 0.5) is 0 Å². The van der Waals surface area contributed by atoms with Crippen LogP contribution in [0.5, 0.6) is 0 Å². The first-order chi connectivity index (χ1) is 9.80. The highest BCUT2D eigenvalue weighted by Gasteiger charge is 2.38. The summed E-state index contributed by atoms with van der Waals surface area (Å²) in [4.78, 5) is 0. The van der Waals surface area contributed by atoms with Gasteiger partial charge in [0.25, 0.3) is 0 Å². The molecule has 2 nitrogen and oxygen atoms in total. The van der Waals surface area contributed by atoms with E-state index in [2.05, 4.69) is 26.1 Å². The summed E-state index contributed by atoms with van der Waals surface area (Å²) in [6, 6.07) is 0.709. The van der Waals surface area contributed by atoms with Crippen LogP contribution < -0.4 is 5.32 Å². The molecule has 20 heavy (non-hydrogen) atoms. The van der Waals surface area contributed by atoms with Crippen LogP contribution in [0.1, 0.15) is 72.1 Å². The SMILES string of the molecule is CCCNC(C1CCC(CC)CC1)C1CCOC1CC. The van der Waals surface area contributed by atoms with E-state index >= 15 is 0 Å². The van der Waals surface area contributed by atoms with Gasteiger partial charge in [-0.15, -0.1) is 0 Å². The average Bonchev–Trinajstić information content (AvgIpc) is 2.96. The van der Waals surface area contributed by atoms with Gasteiger partial charge in [0.2, 0.25) is 0 Å². The van der Waals surface area contributed by atoms with Crippen molar-refractivity contribution >= 4 is 0 Å². The molecule has 0 aromatic rings. The fraction of sp³-hybridized carbons (Fsp3) is 1.00. The Balaban J connectivity index is 1.96. The van der Waals surface area contributed by atoms with Crippen molar-refractivity contribution in [2.24, 2.45) is 17.8 Å². The number of rotatable bonds is 7. The van der Waals surface area contributed by atoms with E-state index in [-0.39, 0.29) is 0 Å². The van der Waals surface area contributed by atoms with E-state index in [0.29, 0.717) is 12.1 Å². The molecule has 0 spiro atoms. The molecule has 0 radical (unpaired) electrons. The Morgan fingerprint density at radius 1 is 1.00 bits per heavy atom. The lowest BCUT2D eigenvalue weighted by Crippen LogP contribution is -2.46. The Morgan fingerprint density at radius 2 is 1.75 bits per heavy atom. The summed E-state index contributed by atoms with van der Waals surface area (Å²) in [6.45, 7) is 9.08. The highest BCUT2D eigenvalue weighted by molar-refractivity contribution is 4.91. The molecule has 1 saturated carbocycles. The fourth-order valence-corrected chi connectivity index (χ4v) is 4.43. The number of hydrogen-bond acceptors (Lipinski definition) is 2. The van der Waals surface area contributed by atoms with Crippen molar-refractivity contribution < 1.29 is 4.74 Å². The van der Waals surface area contributed by atoms with Crippen molar-refractivity contribution in [2.45, 2.75) is 84.3 Å². The smallest absolute Gasteiger partial charge is 0.0616 e. The minimum atomic E-state index is 0.508. The van der Waals surface area contributed by atoms with Gasteiger partial charge in [0.05, 0.1) is 6.10 Å². The average molecular weight is 281 g/mol. The van der Waals surface area contributed by atoms with Crippen molar-refractivity contribution in [1.29, 1.82) is 0 Å². The Labute approximate surface area is 126 Å². The molecule has 1 saturated heterocycles. The Bertz CT molecular complexity index is 260. The van der Waals surface area contributed by atoms with Gasteiger partial charge in [-0.1, -0.05) is 40.0 Å². The van der Waals surface area contributed by atoms with Gasteiger partial charge in [-0.2, -0.15) is 0 Å². The number of nitrogens with one attached hydrogen (secondary N) is 1. The largest absolute Gasteiger partial charge is 0.378 e. The van der Waals surface area contributed by atoms with Crippen molar-refractivity contribution in [3.63, 3.8) is 0 Å². The molecule has 1 aliphatic heterocycles. The van der Waals surface area contributed by atoms with Crippen LogP contribution in [-0.2, 0) is 4.74 Å². The summed E-state index contributed by atoms with van der Waals surface area (Å²) in [5.74, 6) is 2.65. The first kappa shape index (κ1) is 16.3. The summed E-state index contributed by atoms with van der Waals surface area (Å²) < 4.78 is 5.97. The van der Waals surface area contributed by atoms with Gasteiger partial charge in [-0.3, -0.25) is 0 Å². The zero-order valence-electron chi connectivity index (χ0n) is 13.9. The molecule has 0 aromatic carbocycles. The van der Waals surface area contributed by atoms with Crippen LogP contribution in [0.15, 0.2) is 0 Å². The molecular formula is C18H35NO. The van der Waals surface area contributed by atoms with Gasteiger partial charge in [0.15, 0.2) is 0 Å². The van der Waals surface area contributed by atoms with E-state index in [1.165, 1.54) is 57.9 Å². The lowest BCUT2D eigenvalue weighted by Gasteiger charge is -2.38. The fourth-order valence-electron chi connectivity index (χ4n) is 4.43. The molecule has 118 valence electrons. The molecule has 3 unspecified atom stereocenters. The van der Waals surface area contributed by atoms with E-state index in [1.54, 1.807) is 0 Å². The standard InChI is InChI=1S/C18H35NO/c1-4-12-19-18(16-11-13-20-17(16)6-3)15-9-7-14(5-2)8-10-15/h14-19H,4-13H2,1-3H3. The third-order valence-corrected chi connectivity index (χ3v) is 5.73. The third-order valence-electron chi connectivity index (χ3n) is 5.73. The molecule has 2 fully saturated rings. The van der Waals surface area contributed by atoms with E-state index in [9.17, 15) is 0 Å². The summed E-state index contributed by atoms with van der Waals surface area (Å²) in [5, 5.41) is 3.90. The highest BCUT2D eigenvalue weighted by atomic mass is 16.5. The molecular weight excluding hydrogens is 246 g/mol. The van der Waals surface area contributed by atoms with Gasteiger partial charge < -0.3 is 10.1 Å². The predicted octanol–water partition coefficient (Wildman–Crippen LogP) is 4.39. The number of ether oxygens (including phenoxy) is 1. The molecule has 2 heteroatoms. The predicted molar refractivity (Wildman–Crippen MR) is 86.0 cm³/mol. The van der Waals surface area contributed by atoms with Gasteiger partial charge in [-0.05, 0) is 50.5 Å². The maximum Gasteiger partial charge on any atom is 0.0616 e. The van der Waals surface area contributed by atoms with Crippen LogP contribution in [-0.4, -0.2) is 25.3 Å². The Kier molecular flexibility index (Phi) is 6.83. The van der Waals surface area contributed by atoms with Crippen molar-refractivity contribution in [3.8, 4) is 0 Å². The Morgan fingerprint density at radius 3 is 2.35 bits per heavy atom. The maximum absolute atomic E-state index is 5.97. The second-order valence-electron chi connectivity index (χ2n) is 6.94. The summed E-state index contributed by atoms with van der Waals surface area (Å²) >= 11 is 0. The van der Waals surface area contributed by atoms with Crippen LogP contribution in [0.2, 0.25) is 0 Å². The van der Waals surface area contributed by atoms with Crippen molar-refractivity contribution in [1.82, 2.24) is 5.32 Å². The maximum atomic E-state index is 5.97. The van der Waals surface area contributed by atoms with Gasteiger partial charge >= 0.3 is 0 Å². The molecule has 0 bridgehead atoms. The van der Waals surface area contributed by atoms with Crippen molar-refractivity contribution in [2.75, 3.05) is 13.2 Å². The van der Waals surface area contributed by atoms with E-state index in [4.69, 9.17) is 4.74 Å². The Hall–Kier alpha value is -0.0800. The van der Waals surface area contributed by atoms with Crippen LogP contribution in [0.3, 0.4) is 0 Å². The first-order valence-electron chi connectivity index (χ1n) is 9.15. The molecule has 3 atom stereocenters.